The van der Waals surface area contributed by atoms with Gasteiger partial charge in [-0.2, -0.15) is 4.90 Å². The van der Waals surface area contributed by atoms with Crippen molar-refractivity contribution in [1.82, 2.24) is 9.97 Å². The van der Waals surface area contributed by atoms with Gasteiger partial charge >= 0.3 is 18.1 Å². The number of rotatable bonds is 8. The van der Waals surface area contributed by atoms with Crippen molar-refractivity contribution in [3.05, 3.63) is 73.6 Å². The van der Waals surface area contributed by atoms with Crippen molar-refractivity contribution in [1.29, 1.82) is 0 Å². The Bertz CT molecular complexity index is 1580. The molecule has 0 unspecified atom stereocenters. The van der Waals surface area contributed by atoms with E-state index in [0.717, 1.165) is 17.3 Å². The molecule has 0 aliphatic rings. The average Bonchev–Trinajstić information content (AvgIpc) is 2.97. The normalized spacial score (nSPS) is 10.9. The number of carbonyl (C=O) groups excluding carboxylic acids is 3. The quantitative estimate of drug-likeness (QED) is 0.158. The summed E-state index contributed by atoms with van der Waals surface area (Å²) in [5.74, 6) is -0.580. The molecule has 3 amide bonds. The lowest BCUT2D eigenvalue weighted by molar-refractivity contribution is -0.385. The van der Waals surface area contributed by atoms with Crippen LogP contribution in [0.2, 0.25) is 10.0 Å². The number of esters is 1. The number of carbonyl (C=O) groups is 3. The van der Waals surface area contributed by atoms with Crippen molar-refractivity contribution >= 4 is 58.5 Å². The lowest BCUT2D eigenvalue weighted by atomic mass is 10.0. The monoisotopic (exact) mass is 649 g/mol. The summed E-state index contributed by atoms with van der Waals surface area (Å²) in [4.78, 5) is 60.4. The second-order valence-corrected chi connectivity index (χ2v) is 10.8. The number of ether oxygens (including phenoxy) is 4. The van der Waals surface area contributed by atoms with Gasteiger partial charge in [-0.3, -0.25) is 15.0 Å². The Balaban J connectivity index is 2.07. The minimum absolute atomic E-state index is 0.00499. The molecule has 0 spiro atoms. The number of urea groups is 1. The van der Waals surface area contributed by atoms with Crippen LogP contribution in [0, 0.1) is 10.1 Å². The van der Waals surface area contributed by atoms with E-state index < -0.39 is 28.6 Å². The maximum absolute atomic E-state index is 14.0. The number of amides is 3. The summed E-state index contributed by atoms with van der Waals surface area (Å²) in [5, 5.41) is 11.4. The Morgan fingerprint density at radius 1 is 0.977 bits per heavy atom. The number of halogens is 2. The van der Waals surface area contributed by atoms with Crippen LogP contribution in [0.5, 0.6) is 11.5 Å². The van der Waals surface area contributed by atoms with Gasteiger partial charge in [-0.05, 0) is 26.8 Å². The van der Waals surface area contributed by atoms with Gasteiger partial charge in [0.1, 0.15) is 45.0 Å². The Morgan fingerprint density at radius 3 is 2.11 bits per heavy atom. The smallest absolute Gasteiger partial charge is 0.423 e. The van der Waals surface area contributed by atoms with Crippen molar-refractivity contribution in [2.45, 2.75) is 32.8 Å². The zero-order valence-electron chi connectivity index (χ0n) is 24.8. The van der Waals surface area contributed by atoms with Gasteiger partial charge in [-0.1, -0.05) is 29.3 Å². The van der Waals surface area contributed by atoms with Gasteiger partial charge in [-0.15, -0.1) is 0 Å². The predicted molar refractivity (Wildman–Crippen MR) is 161 cm³/mol. The summed E-state index contributed by atoms with van der Waals surface area (Å²) >= 11 is 13.1. The SMILES string of the molecule is COC(=O)c1ccc(Cc2cc(N(C)C(=O)N(C(=O)OC(C)(C)C)c3c(Cl)c(OC)cc(OC)c3Cl)ncn2)c([N+](=O)[O-])c1. The molecule has 0 aliphatic heterocycles. The first-order chi connectivity index (χ1) is 20.6. The van der Waals surface area contributed by atoms with Crippen LogP contribution in [0.4, 0.5) is 26.8 Å². The summed E-state index contributed by atoms with van der Waals surface area (Å²) in [6.07, 6.45) is -0.0188. The minimum Gasteiger partial charge on any atom is -0.495 e. The van der Waals surface area contributed by atoms with E-state index in [1.807, 2.05) is 0 Å². The highest BCUT2D eigenvalue weighted by Gasteiger charge is 2.37. The summed E-state index contributed by atoms with van der Waals surface area (Å²) in [6, 6.07) is 5.72. The third-order valence-corrected chi connectivity index (χ3v) is 6.69. The molecule has 0 atom stereocenters. The predicted octanol–water partition coefficient (Wildman–Crippen LogP) is 6.08. The fourth-order valence-electron chi connectivity index (χ4n) is 3.88. The van der Waals surface area contributed by atoms with E-state index >= 15 is 0 Å². The van der Waals surface area contributed by atoms with Crippen molar-refractivity contribution in [2.24, 2.45) is 0 Å². The Kier molecular flexibility index (Phi) is 10.6. The summed E-state index contributed by atoms with van der Waals surface area (Å²) in [7, 11) is 5.16. The topological polar surface area (TPSA) is 164 Å². The molecule has 3 rings (SSSR count). The van der Waals surface area contributed by atoms with Crippen molar-refractivity contribution < 1.29 is 38.3 Å². The van der Waals surface area contributed by atoms with Crippen molar-refractivity contribution in [2.75, 3.05) is 38.2 Å². The first kappa shape index (κ1) is 33.8. The van der Waals surface area contributed by atoms with Crippen LogP contribution in [0.3, 0.4) is 0 Å². The molecule has 1 aromatic heterocycles. The van der Waals surface area contributed by atoms with Crippen molar-refractivity contribution in [3.8, 4) is 11.5 Å². The molecule has 0 N–H and O–H groups in total. The number of hydrogen-bond donors (Lipinski definition) is 0. The third kappa shape index (κ3) is 7.44. The molecule has 0 saturated carbocycles. The molecular formula is C28H29Cl2N5O9. The highest BCUT2D eigenvalue weighted by Crippen LogP contribution is 2.46. The second kappa shape index (κ2) is 13.7. The van der Waals surface area contributed by atoms with Gasteiger partial charge < -0.3 is 18.9 Å². The highest BCUT2D eigenvalue weighted by atomic mass is 35.5. The number of benzene rings is 2. The zero-order chi connectivity index (χ0) is 32.9. The van der Waals surface area contributed by atoms with E-state index in [4.69, 9.17) is 37.4 Å². The van der Waals surface area contributed by atoms with Crippen LogP contribution in [-0.2, 0) is 15.9 Å². The first-order valence-corrected chi connectivity index (χ1v) is 13.5. The molecule has 14 nitrogen and oxygen atoms in total. The maximum Gasteiger partial charge on any atom is 0.423 e. The standard InChI is InChI=1S/C28H29Cl2N5O9/c1-28(2,3)44-27(38)34(24-22(29)19(41-5)13-20(42-6)23(24)30)26(37)33(4)21-12-17(31-14-32-21)10-15-8-9-16(25(36)43-7)11-18(15)35(39)40/h8-9,11-14H,10H2,1-7H3. The first-order valence-electron chi connectivity index (χ1n) is 12.7. The molecular weight excluding hydrogens is 621 g/mol. The second-order valence-electron chi connectivity index (χ2n) is 10.1. The highest BCUT2D eigenvalue weighted by molar-refractivity contribution is 6.43. The Morgan fingerprint density at radius 2 is 1.59 bits per heavy atom. The molecule has 2 aromatic carbocycles. The number of aromatic nitrogens is 2. The summed E-state index contributed by atoms with van der Waals surface area (Å²) in [6.45, 7) is 4.83. The van der Waals surface area contributed by atoms with E-state index in [0.29, 0.717) is 4.90 Å². The van der Waals surface area contributed by atoms with Crippen LogP contribution in [0.15, 0.2) is 36.7 Å². The summed E-state index contributed by atoms with van der Waals surface area (Å²) in [5.41, 5.74) is -1.08. The van der Waals surface area contributed by atoms with Gasteiger partial charge in [-0.25, -0.2) is 24.4 Å². The maximum atomic E-state index is 14.0. The molecule has 16 heteroatoms. The van der Waals surface area contributed by atoms with Crippen LogP contribution >= 0.6 is 23.2 Å². The van der Waals surface area contributed by atoms with Gasteiger partial charge in [0.15, 0.2) is 0 Å². The van der Waals surface area contributed by atoms with E-state index in [9.17, 15) is 24.5 Å². The number of imide groups is 1. The molecule has 0 radical (unpaired) electrons. The Labute approximate surface area is 262 Å². The van der Waals surface area contributed by atoms with E-state index in [1.54, 1.807) is 20.8 Å². The lowest BCUT2D eigenvalue weighted by Gasteiger charge is -2.30. The third-order valence-electron chi connectivity index (χ3n) is 5.96. The number of nitro groups is 1. The van der Waals surface area contributed by atoms with Gasteiger partial charge in [0.2, 0.25) is 0 Å². The van der Waals surface area contributed by atoms with E-state index in [-0.39, 0.29) is 62.0 Å². The Hall–Kier alpha value is -4.69. The van der Waals surface area contributed by atoms with Gasteiger partial charge in [0.05, 0.1) is 37.5 Å². The zero-order valence-corrected chi connectivity index (χ0v) is 26.3. The van der Waals surface area contributed by atoms with E-state index in [1.165, 1.54) is 52.6 Å². The molecule has 44 heavy (non-hydrogen) atoms. The number of nitro benzene ring substituents is 1. The fourth-order valence-corrected chi connectivity index (χ4v) is 4.55. The molecule has 0 aliphatic carbocycles. The summed E-state index contributed by atoms with van der Waals surface area (Å²) < 4.78 is 20.7. The molecule has 0 fully saturated rings. The molecule has 3 aromatic rings. The van der Waals surface area contributed by atoms with Crippen molar-refractivity contribution in [3.63, 3.8) is 0 Å². The van der Waals surface area contributed by atoms with Crippen LogP contribution < -0.4 is 19.3 Å². The van der Waals surface area contributed by atoms with Crippen LogP contribution in [0.25, 0.3) is 0 Å². The van der Waals surface area contributed by atoms with Gasteiger partial charge in [0.25, 0.3) is 5.69 Å². The minimum atomic E-state index is -1.11. The largest absolute Gasteiger partial charge is 0.495 e. The number of anilines is 2. The fraction of sp³-hybridized carbons (Fsp3) is 0.321. The molecule has 234 valence electrons. The number of hydrogen-bond acceptors (Lipinski definition) is 11. The van der Waals surface area contributed by atoms with Gasteiger partial charge in [0, 0.05) is 37.2 Å². The van der Waals surface area contributed by atoms with Crippen LogP contribution in [0.1, 0.15) is 42.4 Å². The number of nitrogens with zero attached hydrogens (tertiary/aromatic N) is 5. The molecule has 0 saturated heterocycles. The van der Waals surface area contributed by atoms with E-state index in [2.05, 4.69) is 14.7 Å². The molecule has 0 bridgehead atoms. The lowest BCUT2D eigenvalue weighted by Crippen LogP contribution is -2.47. The van der Waals surface area contributed by atoms with Crippen LogP contribution in [-0.4, -0.2) is 67.0 Å². The average molecular weight is 650 g/mol. The molecule has 1 heterocycles. The number of methoxy groups -OCH3 is 3.